The summed E-state index contributed by atoms with van der Waals surface area (Å²) < 4.78 is 1.93. The number of nitrogens with one attached hydrogen (secondary N) is 3. The standard InChI is InChI=1S/C23H22N8O/c1-14-9-17(31-8-7-25-13-31)10-19-21(14)30-22(29-19)20-18(5-6-26-23(20)32)27-12-16-4-2-3-15(11-24)28-16/h2-10,13H,11-12,24H2,1H3,(H,29,30)(H2,26,27,32). The van der Waals surface area contributed by atoms with Gasteiger partial charge in [0.05, 0.1) is 41.0 Å². The maximum Gasteiger partial charge on any atom is 0.261 e. The maximum atomic E-state index is 12.8. The Morgan fingerprint density at radius 2 is 2.03 bits per heavy atom. The van der Waals surface area contributed by atoms with Gasteiger partial charge in [-0.3, -0.25) is 9.78 Å². The Bertz CT molecular complexity index is 1450. The Labute approximate surface area is 183 Å². The molecular formula is C23H22N8O. The molecule has 0 aliphatic heterocycles. The number of pyridine rings is 2. The molecule has 0 bridgehead atoms. The van der Waals surface area contributed by atoms with Crippen molar-refractivity contribution in [2.24, 2.45) is 5.73 Å². The lowest BCUT2D eigenvalue weighted by Crippen LogP contribution is -2.13. The topological polar surface area (TPSA) is 130 Å². The molecule has 0 saturated heterocycles. The van der Waals surface area contributed by atoms with E-state index < -0.39 is 0 Å². The molecule has 0 aliphatic rings. The number of aromatic nitrogens is 6. The zero-order chi connectivity index (χ0) is 22.1. The molecule has 4 aromatic heterocycles. The first kappa shape index (κ1) is 19.7. The number of nitrogens with two attached hydrogens (primary N) is 1. The summed E-state index contributed by atoms with van der Waals surface area (Å²) in [5, 5.41) is 3.32. The monoisotopic (exact) mass is 426 g/mol. The molecule has 1 aromatic carbocycles. The van der Waals surface area contributed by atoms with Gasteiger partial charge in [-0.1, -0.05) is 6.07 Å². The summed E-state index contributed by atoms with van der Waals surface area (Å²) in [7, 11) is 0. The molecule has 9 nitrogen and oxygen atoms in total. The first-order valence-corrected chi connectivity index (χ1v) is 10.2. The summed E-state index contributed by atoms with van der Waals surface area (Å²) in [6, 6.07) is 11.6. The summed E-state index contributed by atoms with van der Waals surface area (Å²) in [6.45, 7) is 2.83. The average Bonchev–Trinajstić information content (AvgIpc) is 3.48. The highest BCUT2D eigenvalue weighted by Crippen LogP contribution is 2.27. The van der Waals surface area contributed by atoms with Crippen LogP contribution in [-0.2, 0) is 13.1 Å². The molecular weight excluding hydrogens is 404 g/mol. The normalized spacial score (nSPS) is 11.2. The van der Waals surface area contributed by atoms with E-state index in [9.17, 15) is 4.79 Å². The fourth-order valence-corrected chi connectivity index (χ4v) is 3.74. The molecule has 5 rings (SSSR count). The average molecular weight is 426 g/mol. The van der Waals surface area contributed by atoms with Crippen LogP contribution in [0.4, 0.5) is 5.69 Å². The van der Waals surface area contributed by atoms with Gasteiger partial charge < -0.3 is 25.6 Å². The van der Waals surface area contributed by atoms with Crippen molar-refractivity contribution in [2.45, 2.75) is 20.0 Å². The first-order valence-electron chi connectivity index (χ1n) is 10.2. The molecule has 0 aliphatic carbocycles. The highest BCUT2D eigenvalue weighted by molar-refractivity contribution is 5.86. The minimum atomic E-state index is -0.231. The number of imidazole rings is 2. The molecule has 9 heteroatoms. The summed E-state index contributed by atoms with van der Waals surface area (Å²) in [4.78, 5) is 32.2. The molecule has 0 radical (unpaired) electrons. The number of aromatic amines is 2. The number of H-pyrrole nitrogens is 2. The Morgan fingerprint density at radius 3 is 2.84 bits per heavy atom. The summed E-state index contributed by atoms with van der Waals surface area (Å²) in [5.74, 6) is 0.499. The van der Waals surface area contributed by atoms with Crippen LogP contribution in [0.3, 0.4) is 0 Å². The first-order chi connectivity index (χ1) is 15.6. The van der Waals surface area contributed by atoms with Crippen molar-refractivity contribution >= 4 is 16.7 Å². The second-order valence-corrected chi connectivity index (χ2v) is 7.49. The lowest BCUT2D eigenvalue weighted by molar-refractivity contribution is 0.936. The predicted octanol–water partition coefficient (Wildman–Crippen LogP) is 2.88. The zero-order valence-corrected chi connectivity index (χ0v) is 17.5. The lowest BCUT2D eigenvalue weighted by atomic mass is 10.2. The van der Waals surface area contributed by atoms with Crippen LogP contribution in [0.2, 0.25) is 0 Å². The summed E-state index contributed by atoms with van der Waals surface area (Å²) in [5.41, 5.74) is 11.9. The zero-order valence-electron chi connectivity index (χ0n) is 17.5. The smallest absolute Gasteiger partial charge is 0.261 e. The second kappa shape index (κ2) is 8.12. The minimum Gasteiger partial charge on any atom is -0.379 e. The highest BCUT2D eigenvalue weighted by Gasteiger charge is 2.16. The van der Waals surface area contributed by atoms with Gasteiger partial charge in [-0.2, -0.15) is 0 Å². The third kappa shape index (κ3) is 3.65. The number of fused-ring (bicyclic) bond motifs is 1. The van der Waals surface area contributed by atoms with Crippen molar-refractivity contribution < 1.29 is 0 Å². The SMILES string of the molecule is Cc1cc(-n2ccnc2)cc2[nH]c(-c3c(NCc4cccc(CN)n4)cc[nH]c3=O)nc12. The van der Waals surface area contributed by atoms with Crippen LogP contribution in [0.5, 0.6) is 0 Å². The molecule has 0 fully saturated rings. The van der Waals surface area contributed by atoms with E-state index in [0.29, 0.717) is 30.2 Å². The number of hydrogen-bond acceptors (Lipinski definition) is 6. The van der Waals surface area contributed by atoms with Crippen LogP contribution >= 0.6 is 0 Å². The molecule has 0 spiro atoms. The molecule has 5 N–H and O–H groups in total. The number of rotatable bonds is 6. The van der Waals surface area contributed by atoms with Gasteiger partial charge in [0, 0.05) is 30.8 Å². The lowest BCUT2D eigenvalue weighted by Gasteiger charge is -2.10. The molecule has 4 heterocycles. The van der Waals surface area contributed by atoms with Gasteiger partial charge >= 0.3 is 0 Å². The van der Waals surface area contributed by atoms with E-state index in [1.165, 1.54) is 0 Å². The van der Waals surface area contributed by atoms with Crippen molar-refractivity contribution in [2.75, 3.05) is 5.32 Å². The fourth-order valence-electron chi connectivity index (χ4n) is 3.74. The van der Waals surface area contributed by atoms with Crippen molar-refractivity contribution in [3.63, 3.8) is 0 Å². The molecule has 32 heavy (non-hydrogen) atoms. The van der Waals surface area contributed by atoms with E-state index in [2.05, 4.69) is 25.3 Å². The van der Waals surface area contributed by atoms with E-state index in [1.54, 1.807) is 18.7 Å². The number of hydrogen-bond donors (Lipinski definition) is 4. The van der Waals surface area contributed by atoms with E-state index in [0.717, 1.165) is 33.7 Å². The van der Waals surface area contributed by atoms with Gasteiger partial charge in [-0.15, -0.1) is 0 Å². The maximum absolute atomic E-state index is 12.8. The van der Waals surface area contributed by atoms with Crippen molar-refractivity contribution in [1.29, 1.82) is 0 Å². The van der Waals surface area contributed by atoms with E-state index >= 15 is 0 Å². The Hall–Kier alpha value is -4.24. The quantitative estimate of drug-likeness (QED) is 0.330. The van der Waals surface area contributed by atoms with E-state index in [-0.39, 0.29) is 5.56 Å². The fraction of sp³-hybridized carbons (Fsp3) is 0.130. The third-order valence-corrected chi connectivity index (χ3v) is 5.30. The van der Waals surface area contributed by atoms with E-state index in [4.69, 9.17) is 10.7 Å². The molecule has 0 amide bonds. The number of aryl methyl sites for hydroxylation is 1. The van der Waals surface area contributed by atoms with E-state index in [1.807, 2.05) is 54.1 Å². The summed E-state index contributed by atoms with van der Waals surface area (Å²) in [6.07, 6.45) is 6.98. The number of nitrogens with zero attached hydrogens (tertiary/aromatic N) is 4. The number of benzene rings is 1. The van der Waals surface area contributed by atoms with Gasteiger partial charge in [0.1, 0.15) is 11.4 Å². The van der Waals surface area contributed by atoms with Gasteiger partial charge in [0.2, 0.25) is 0 Å². The third-order valence-electron chi connectivity index (χ3n) is 5.30. The molecule has 160 valence electrons. The summed E-state index contributed by atoms with van der Waals surface area (Å²) >= 11 is 0. The van der Waals surface area contributed by atoms with Crippen LogP contribution in [0.1, 0.15) is 17.0 Å². The largest absolute Gasteiger partial charge is 0.379 e. The van der Waals surface area contributed by atoms with Crippen molar-refractivity contribution in [1.82, 2.24) is 29.5 Å². The van der Waals surface area contributed by atoms with Gasteiger partial charge in [0.15, 0.2) is 0 Å². The van der Waals surface area contributed by atoms with Crippen LogP contribution in [0.15, 0.2) is 66.1 Å². The molecule has 0 atom stereocenters. The number of anilines is 1. The van der Waals surface area contributed by atoms with Crippen molar-refractivity contribution in [3.8, 4) is 17.1 Å². The molecule has 0 saturated carbocycles. The predicted molar refractivity (Wildman–Crippen MR) is 123 cm³/mol. The van der Waals surface area contributed by atoms with Crippen LogP contribution < -0.4 is 16.6 Å². The second-order valence-electron chi connectivity index (χ2n) is 7.49. The van der Waals surface area contributed by atoms with Crippen LogP contribution in [-0.4, -0.2) is 29.5 Å². The highest BCUT2D eigenvalue weighted by atomic mass is 16.1. The van der Waals surface area contributed by atoms with Gasteiger partial charge in [0.25, 0.3) is 5.56 Å². The Balaban J connectivity index is 1.53. The minimum absolute atomic E-state index is 0.231. The van der Waals surface area contributed by atoms with Crippen LogP contribution in [0.25, 0.3) is 28.1 Å². The Kier molecular flexibility index (Phi) is 5.00. The van der Waals surface area contributed by atoms with Gasteiger partial charge in [-0.05, 0) is 42.8 Å². The Morgan fingerprint density at radius 1 is 1.16 bits per heavy atom. The van der Waals surface area contributed by atoms with Crippen molar-refractivity contribution in [3.05, 3.63) is 88.6 Å². The van der Waals surface area contributed by atoms with Gasteiger partial charge in [-0.25, -0.2) is 9.97 Å². The molecule has 5 aromatic rings. The van der Waals surface area contributed by atoms with Crippen LogP contribution in [0, 0.1) is 6.92 Å². The molecule has 0 unspecified atom stereocenters.